The van der Waals surface area contributed by atoms with Crippen molar-refractivity contribution >= 4 is 34.5 Å². The molecule has 0 aromatic carbocycles. The van der Waals surface area contributed by atoms with Crippen molar-refractivity contribution < 1.29 is 14.4 Å². The van der Waals surface area contributed by atoms with Gasteiger partial charge in [-0.15, -0.1) is 0 Å². The second-order valence-electron chi connectivity index (χ2n) is 8.21. The van der Waals surface area contributed by atoms with Crippen molar-refractivity contribution in [1.82, 2.24) is 29.1 Å². The van der Waals surface area contributed by atoms with Crippen LogP contribution >= 0.6 is 0 Å². The lowest BCUT2D eigenvalue weighted by Gasteiger charge is -2.35. The third-order valence-electron chi connectivity index (χ3n) is 6.24. The van der Waals surface area contributed by atoms with Crippen LogP contribution in [0.2, 0.25) is 0 Å². The fraction of sp³-hybridized carbons (Fsp3) is 0.409. The quantitative estimate of drug-likeness (QED) is 0.619. The molecule has 0 radical (unpaired) electrons. The Kier molecular flexibility index (Phi) is 4.91. The standard InChI is InChI=1S/C22H24N6O4/c1-2-8-26-16(12-15-19(26)24-17-5-3-4-9-27(17)20(15)30)21(31)25-10-6-14(7-11-25)28-18(29)13-23-22(28)32/h3-5,9,12,14H,2,6-8,10-11,13H2,1H3,(H,23,32). The van der Waals surface area contributed by atoms with Gasteiger partial charge in [-0.2, -0.15) is 0 Å². The summed E-state index contributed by atoms with van der Waals surface area (Å²) < 4.78 is 3.31. The van der Waals surface area contributed by atoms with Crippen molar-refractivity contribution in [2.45, 2.75) is 38.8 Å². The third-order valence-corrected chi connectivity index (χ3v) is 6.24. The highest BCUT2D eigenvalue weighted by Crippen LogP contribution is 2.23. The zero-order valence-electron chi connectivity index (χ0n) is 17.8. The van der Waals surface area contributed by atoms with Gasteiger partial charge >= 0.3 is 6.03 Å². The van der Waals surface area contributed by atoms with E-state index in [-0.39, 0.29) is 36.0 Å². The molecule has 1 N–H and O–H groups in total. The molecule has 0 bridgehead atoms. The van der Waals surface area contributed by atoms with Crippen molar-refractivity contribution in [3.63, 3.8) is 0 Å². The lowest BCUT2D eigenvalue weighted by atomic mass is 10.0. The molecule has 5 heterocycles. The Bertz CT molecular complexity index is 1280. The molecule has 166 valence electrons. The number of imide groups is 1. The average Bonchev–Trinajstić information content (AvgIpc) is 3.34. The van der Waals surface area contributed by atoms with Gasteiger partial charge < -0.3 is 14.8 Å². The van der Waals surface area contributed by atoms with Crippen molar-refractivity contribution in [3.8, 4) is 0 Å². The van der Waals surface area contributed by atoms with Crippen LogP contribution in [0.25, 0.3) is 16.7 Å². The van der Waals surface area contributed by atoms with E-state index < -0.39 is 0 Å². The van der Waals surface area contributed by atoms with E-state index in [1.165, 1.54) is 9.30 Å². The third kappa shape index (κ3) is 3.14. The number of nitrogens with one attached hydrogen (secondary N) is 1. The van der Waals surface area contributed by atoms with Gasteiger partial charge in [0.05, 0.1) is 11.9 Å². The maximum absolute atomic E-state index is 13.4. The van der Waals surface area contributed by atoms with E-state index in [4.69, 9.17) is 0 Å². The fourth-order valence-corrected chi connectivity index (χ4v) is 4.67. The van der Waals surface area contributed by atoms with Crippen LogP contribution in [0.3, 0.4) is 0 Å². The Labute approximate surface area is 183 Å². The van der Waals surface area contributed by atoms with Gasteiger partial charge in [0.2, 0.25) is 5.91 Å². The molecule has 4 amide bonds. The number of urea groups is 1. The molecule has 0 atom stereocenters. The van der Waals surface area contributed by atoms with Crippen LogP contribution in [-0.2, 0) is 11.3 Å². The van der Waals surface area contributed by atoms with Gasteiger partial charge in [-0.1, -0.05) is 13.0 Å². The molecule has 0 aliphatic carbocycles. The van der Waals surface area contributed by atoms with E-state index in [9.17, 15) is 19.2 Å². The van der Waals surface area contributed by atoms with Gasteiger partial charge in [0.1, 0.15) is 17.0 Å². The van der Waals surface area contributed by atoms with Gasteiger partial charge in [0.15, 0.2) is 0 Å². The van der Waals surface area contributed by atoms with E-state index in [2.05, 4.69) is 10.3 Å². The molecule has 0 spiro atoms. The number of carbonyl (C=O) groups is 3. The summed E-state index contributed by atoms with van der Waals surface area (Å²) in [6.45, 7) is 3.48. The molecule has 3 aromatic rings. The fourth-order valence-electron chi connectivity index (χ4n) is 4.67. The summed E-state index contributed by atoms with van der Waals surface area (Å²) in [5.41, 5.74) is 1.29. The van der Waals surface area contributed by atoms with Gasteiger partial charge in [-0.05, 0) is 37.5 Å². The molecule has 10 nitrogen and oxygen atoms in total. The largest absolute Gasteiger partial charge is 0.337 e. The summed E-state index contributed by atoms with van der Waals surface area (Å²) in [5, 5.41) is 2.96. The predicted molar refractivity (Wildman–Crippen MR) is 116 cm³/mol. The Morgan fingerprint density at radius 1 is 1.19 bits per heavy atom. The van der Waals surface area contributed by atoms with E-state index in [0.29, 0.717) is 54.9 Å². The molecule has 0 saturated carbocycles. The van der Waals surface area contributed by atoms with Crippen LogP contribution in [0, 0.1) is 0 Å². The summed E-state index contributed by atoms with van der Waals surface area (Å²) in [6, 6.07) is 6.45. The number of carbonyl (C=O) groups excluding carboxylic acids is 3. The van der Waals surface area contributed by atoms with E-state index in [1.54, 1.807) is 29.3 Å². The number of fused-ring (bicyclic) bond motifs is 2. The van der Waals surface area contributed by atoms with Crippen LogP contribution in [0.5, 0.6) is 0 Å². The molecule has 2 aliphatic rings. The molecule has 2 fully saturated rings. The number of rotatable bonds is 4. The molecular formula is C22H24N6O4. The Balaban J connectivity index is 1.46. The predicted octanol–water partition coefficient (Wildman–Crippen LogP) is 1.22. The number of hydrogen-bond acceptors (Lipinski definition) is 5. The number of aryl methyl sites for hydroxylation is 1. The van der Waals surface area contributed by atoms with Crippen molar-refractivity contribution in [2.75, 3.05) is 19.6 Å². The second-order valence-corrected chi connectivity index (χ2v) is 8.21. The van der Waals surface area contributed by atoms with E-state index in [0.717, 1.165) is 6.42 Å². The van der Waals surface area contributed by atoms with Crippen LogP contribution in [-0.4, -0.2) is 67.3 Å². The molecule has 10 heteroatoms. The van der Waals surface area contributed by atoms with Crippen LogP contribution in [0.1, 0.15) is 36.7 Å². The summed E-state index contributed by atoms with van der Waals surface area (Å²) in [7, 11) is 0. The minimum absolute atomic E-state index is 0.0337. The molecule has 32 heavy (non-hydrogen) atoms. The van der Waals surface area contributed by atoms with Crippen molar-refractivity contribution in [2.24, 2.45) is 0 Å². The van der Waals surface area contributed by atoms with Gasteiger partial charge in [-0.3, -0.25) is 23.7 Å². The number of nitrogens with zero attached hydrogens (tertiary/aromatic N) is 5. The number of pyridine rings is 1. The van der Waals surface area contributed by atoms with Gasteiger partial charge in [0.25, 0.3) is 11.5 Å². The Morgan fingerprint density at radius 3 is 2.66 bits per heavy atom. The maximum Gasteiger partial charge on any atom is 0.324 e. The maximum atomic E-state index is 13.4. The van der Waals surface area contributed by atoms with Crippen LogP contribution in [0.4, 0.5) is 4.79 Å². The summed E-state index contributed by atoms with van der Waals surface area (Å²) in [5.74, 6) is -0.387. The number of amides is 4. The van der Waals surface area contributed by atoms with E-state index >= 15 is 0 Å². The minimum atomic E-state index is -0.360. The number of aromatic nitrogens is 3. The van der Waals surface area contributed by atoms with Gasteiger partial charge in [-0.25, -0.2) is 9.78 Å². The lowest BCUT2D eigenvalue weighted by molar-refractivity contribution is -0.127. The first-order valence-corrected chi connectivity index (χ1v) is 10.9. The molecular weight excluding hydrogens is 412 g/mol. The van der Waals surface area contributed by atoms with Crippen molar-refractivity contribution in [1.29, 1.82) is 0 Å². The lowest BCUT2D eigenvalue weighted by Crippen LogP contribution is -2.49. The zero-order valence-corrected chi connectivity index (χ0v) is 17.8. The Hall–Kier alpha value is -3.69. The van der Waals surface area contributed by atoms with Crippen LogP contribution < -0.4 is 10.9 Å². The monoisotopic (exact) mass is 436 g/mol. The minimum Gasteiger partial charge on any atom is -0.337 e. The highest BCUT2D eigenvalue weighted by Gasteiger charge is 2.37. The summed E-state index contributed by atoms with van der Waals surface area (Å²) >= 11 is 0. The topological polar surface area (TPSA) is 109 Å². The normalized spacial score (nSPS) is 17.5. The molecule has 0 unspecified atom stereocenters. The molecule has 2 saturated heterocycles. The first kappa shape index (κ1) is 20.2. The first-order chi connectivity index (χ1) is 15.5. The molecule has 2 aliphatic heterocycles. The summed E-state index contributed by atoms with van der Waals surface area (Å²) in [4.78, 5) is 58.0. The van der Waals surface area contributed by atoms with Crippen molar-refractivity contribution in [3.05, 3.63) is 46.5 Å². The second kappa shape index (κ2) is 7.77. The first-order valence-electron chi connectivity index (χ1n) is 10.9. The zero-order chi connectivity index (χ0) is 22.4. The smallest absolute Gasteiger partial charge is 0.324 e. The van der Waals surface area contributed by atoms with Gasteiger partial charge in [0, 0.05) is 31.9 Å². The summed E-state index contributed by atoms with van der Waals surface area (Å²) in [6.07, 6.45) is 3.52. The highest BCUT2D eigenvalue weighted by molar-refractivity contribution is 6.02. The highest BCUT2D eigenvalue weighted by atomic mass is 16.2. The molecule has 5 rings (SSSR count). The Morgan fingerprint density at radius 2 is 1.97 bits per heavy atom. The van der Waals surface area contributed by atoms with Crippen LogP contribution in [0.15, 0.2) is 35.3 Å². The molecule has 3 aromatic heterocycles. The number of hydrogen-bond donors (Lipinski definition) is 1. The number of likely N-dealkylation sites (tertiary alicyclic amines) is 1. The average molecular weight is 436 g/mol. The number of piperidine rings is 1. The van der Waals surface area contributed by atoms with E-state index in [1.807, 2.05) is 17.6 Å². The SMILES string of the molecule is CCCn1c(C(=O)N2CCC(N3C(=O)CNC3=O)CC2)cc2c(=O)n3ccccc3nc21.